The number of furan rings is 1. The van der Waals surface area contributed by atoms with E-state index in [2.05, 4.69) is 187 Å². The average molecular weight is 670 g/mol. The number of thiophene rings is 1. The van der Waals surface area contributed by atoms with E-state index in [4.69, 9.17) is 4.42 Å². The molecule has 2 nitrogen and oxygen atoms in total. The minimum Gasteiger partial charge on any atom is -0.455 e. The lowest BCUT2D eigenvalue weighted by atomic mass is 9.99. The number of anilines is 3. The fraction of sp³-hybridized carbons (Fsp3) is 0. The molecule has 2 heterocycles. The Kier molecular flexibility index (Phi) is 7.04. The fourth-order valence-electron chi connectivity index (χ4n) is 7.44. The van der Waals surface area contributed by atoms with E-state index in [1.165, 1.54) is 42.4 Å². The summed E-state index contributed by atoms with van der Waals surface area (Å²) in [7, 11) is 0. The Bertz CT molecular complexity index is 2850. The molecule has 0 bridgehead atoms. The SMILES string of the molecule is c1ccc(-c2cccc(N(c3ccc4c(c3)sc3cc(-c5ccccc5)ccc34)c3ccc(-c4ccccc4)c4oc5ccccc5c34)c2)cc1. The summed E-state index contributed by atoms with van der Waals surface area (Å²) in [6, 6.07) is 67.3. The number of nitrogens with zero attached hydrogens (tertiary/aromatic N) is 1. The second-order valence-electron chi connectivity index (χ2n) is 12.9. The van der Waals surface area contributed by atoms with Gasteiger partial charge in [0.05, 0.1) is 11.1 Å². The average Bonchev–Trinajstić information content (AvgIpc) is 3.77. The molecule has 0 aliphatic heterocycles. The number of benzene rings is 8. The first kappa shape index (κ1) is 29.5. The van der Waals surface area contributed by atoms with Crippen molar-refractivity contribution >= 4 is 70.5 Å². The van der Waals surface area contributed by atoms with Crippen molar-refractivity contribution in [1.82, 2.24) is 0 Å². The van der Waals surface area contributed by atoms with E-state index in [1.807, 2.05) is 17.4 Å². The first-order valence-electron chi connectivity index (χ1n) is 17.3. The van der Waals surface area contributed by atoms with E-state index < -0.39 is 0 Å². The molecule has 0 fully saturated rings. The van der Waals surface area contributed by atoms with Crippen LogP contribution in [0.15, 0.2) is 192 Å². The number of fused-ring (bicyclic) bond motifs is 6. The Hall–Kier alpha value is -6.42. The number of para-hydroxylation sites is 1. The van der Waals surface area contributed by atoms with Gasteiger partial charge in [-0.05, 0) is 76.3 Å². The predicted octanol–water partition coefficient (Wildman–Crippen LogP) is 14.4. The van der Waals surface area contributed by atoms with Crippen LogP contribution in [0.3, 0.4) is 0 Å². The molecule has 0 aliphatic carbocycles. The van der Waals surface area contributed by atoms with Crippen molar-refractivity contribution in [3.8, 4) is 33.4 Å². The predicted molar refractivity (Wildman–Crippen MR) is 218 cm³/mol. The largest absolute Gasteiger partial charge is 0.455 e. The Labute approximate surface area is 300 Å². The van der Waals surface area contributed by atoms with E-state index >= 15 is 0 Å². The van der Waals surface area contributed by atoms with Gasteiger partial charge in [-0.2, -0.15) is 0 Å². The van der Waals surface area contributed by atoms with Crippen molar-refractivity contribution in [3.63, 3.8) is 0 Å². The van der Waals surface area contributed by atoms with Crippen molar-refractivity contribution in [2.75, 3.05) is 4.90 Å². The Morgan fingerprint density at radius 1 is 0.392 bits per heavy atom. The summed E-state index contributed by atoms with van der Waals surface area (Å²) in [6.07, 6.45) is 0. The minimum absolute atomic E-state index is 0.879. The molecule has 0 aliphatic rings. The monoisotopic (exact) mass is 669 g/mol. The Morgan fingerprint density at radius 2 is 0.980 bits per heavy atom. The molecule has 3 heteroatoms. The van der Waals surface area contributed by atoms with Gasteiger partial charge in [-0.3, -0.25) is 0 Å². The van der Waals surface area contributed by atoms with Gasteiger partial charge in [0.1, 0.15) is 11.2 Å². The summed E-state index contributed by atoms with van der Waals surface area (Å²) in [5, 5.41) is 4.76. The van der Waals surface area contributed by atoms with Gasteiger partial charge in [0.15, 0.2) is 0 Å². The summed E-state index contributed by atoms with van der Waals surface area (Å²) in [5.41, 5.74) is 12.1. The quantitative estimate of drug-likeness (QED) is 0.175. The van der Waals surface area contributed by atoms with Gasteiger partial charge in [0, 0.05) is 42.5 Å². The zero-order chi connectivity index (χ0) is 33.7. The zero-order valence-electron chi connectivity index (χ0n) is 27.7. The first-order chi connectivity index (χ1) is 25.3. The molecule has 10 rings (SSSR count). The van der Waals surface area contributed by atoms with Crippen LogP contribution in [0.2, 0.25) is 0 Å². The second-order valence-corrected chi connectivity index (χ2v) is 14.0. The smallest absolute Gasteiger partial charge is 0.145 e. The normalized spacial score (nSPS) is 11.5. The zero-order valence-corrected chi connectivity index (χ0v) is 28.5. The van der Waals surface area contributed by atoms with Crippen LogP contribution in [-0.4, -0.2) is 0 Å². The van der Waals surface area contributed by atoms with E-state index in [0.717, 1.165) is 50.1 Å². The number of hydrogen-bond donors (Lipinski definition) is 0. The maximum Gasteiger partial charge on any atom is 0.145 e. The topological polar surface area (TPSA) is 16.4 Å². The maximum absolute atomic E-state index is 6.73. The lowest BCUT2D eigenvalue weighted by Crippen LogP contribution is -2.10. The number of hydrogen-bond acceptors (Lipinski definition) is 3. The summed E-state index contributed by atoms with van der Waals surface area (Å²) >= 11 is 1.85. The van der Waals surface area contributed by atoms with Crippen LogP contribution >= 0.6 is 11.3 Å². The van der Waals surface area contributed by atoms with Crippen molar-refractivity contribution in [2.24, 2.45) is 0 Å². The Balaban J connectivity index is 1.22. The van der Waals surface area contributed by atoms with Gasteiger partial charge >= 0.3 is 0 Å². The third-order valence-corrected chi connectivity index (χ3v) is 11.0. The van der Waals surface area contributed by atoms with Gasteiger partial charge in [-0.15, -0.1) is 11.3 Å². The summed E-state index contributed by atoms with van der Waals surface area (Å²) in [6.45, 7) is 0. The van der Waals surface area contributed by atoms with Crippen molar-refractivity contribution in [1.29, 1.82) is 0 Å². The molecule has 2 aromatic heterocycles. The minimum atomic E-state index is 0.879. The van der Waals surface area contributed by atoms with Crippen molar-refractivity contribution in [2.45, 2.75) is 0 Å². The van der Waals surface area contributed by atoms with Crippen LogP contribution in [0.4, 0.5) is 17.1 Å². The van der Waals surface area contributed by atoms with Gasteiger partial charge in [-0.1, -0.05) is 140 Å². The summed E-state index contributed by atoms with van der Waals surface area (Å²) in [5.74, 6) is 0. The fourth-order valence-corrected chi connectivity index (χ4v) is 8.62. The molecule has 0 saturated heterocycles. The van der Waals surface area contributed by atoms with E-state index in [0.29, 0.717) is 0 Å². The van der Waals surface area contributed by atoms with E-state index in [-0.39, 0.29) is 0 Å². The molecule has 0 atom stereocenters. The lowest BCUT2D eigenvalue weighted by molar-refractivity contribution is 0.670. The van der Waals surface area contributed by atoms with Crippen LogP contribution in [-0.2, 0) is 0 Å². The summed E-state index contributed by atoms with van der Waals surface area (Å²) < 4.78 is 9.27. The maximum atomic E-state index is 6.73. The highest BCUT2D eigenvalue weighted by molar-refractivity contribution is 7.25. The standard InChI is InChI=1S/C48H31NOS/c1-4-13-32(14-5-1)35-19-12-20-37(29-35)49(38-24-26-41-40-25-23-36(33-15-6-2-7-16-33)30-45(40)51-46(41)31-38)43-28-27-39(34-17-8-3-9-18-34)48-47(43)42-21-10-11-22-44(42)50-48/h1-31H. The van der Waals surface area contributed by atoms with Gasteiger partial charge in [0.2, 0.25) is 0 Å². The van der Waals surface area contributed by atoms with Gasteiger partial charge < -0.3 is 9.32 Å². The molecular formula is C48H31NOS. The Morgan fingerprint density at radius 3 is 1.73 bits per heavy atom. The highest BCUT2D eigenvalue weighted by Gasteiger charge is 2.23. The molecule has 0 N–H and O–H groups in total. The molecule has 8 aromatic carbocycles. The van der Waals surface area contributed by atoms with E-state index in [1.54, 1.807) is 0 Å². The molecule has 0 amide bonds. The molecule has 0 radical (unpaired) electrons. The van der Waals surface area contributed by atoms with Crippen LogP contribution in [0.25, 0.3) is 75.5 Å². The molecule has 10 aromatic rings. The lowest BCUT2D eigenvalue weighted by Gasteiger charge is -2.27. The highest BCUT2D eigenvalue weighted by atomic mass is 32.1. The molecule has 0 spiro atoms. The van der Waals surface area contributed by atoms with Crippen LogP contribution < -0.4 is 4.90 Å². The van der Waals surface area contributed by atoms with Crippen LogP contribution in [0, 0.1) is 0 Å². The van der Waals surface area contributed by atoms with E-state index in [9.17, 15) is 0 Å². The van der Waals surface area contributed by atoms with Crippen molar-refractivity contribution < 1.29 is 4.42 Å². The van der Waals surface area contributed by atoms with Gasteiger partial charge in [0.25, 0.3) is 0 Å². The van der Waals surface area contributed by atoms with Crippen molar-refractivity contribution in [3.05, 3.63) is 188 Å². The first-order valence-corrected chi connectivity index (χ1v) is 18.1. The molecule has 51 heavy (non-hydrogen) atoms. The third kappa shape index (κ3) is 5.10. The summed E-state index contributed by atoms with van der Waals surface area (Å²) in [4.78, 5) is 2.41. The molecule has 0 saturated carbocycles. The van der Waals surface area contributed by atoms with Crippen LogP contribution in [0.1, 0.15) is 0 Å². The number of rotatable bonds is 6. The molecular weight excluding hydrogens is 639 g/mol. The third-order valence-electron chi connectivity index (χ3n) is 9.86. The van der Waals surface area contributed by atoms with Gasteiger partial charge in [-0.25, -0.2) is 0 Å². The highest BCUT2D eigenvalue weighted by Crippen LogP contribution is 2.48. The molecule has 0 unspecified atom stereocenters. The second kappa shape index (κ2) is 12.2. The molecule has 240 valence electrons. The van der Waals surface area contributed by atoms with Crippen LogP contribution in [0.5, 0.6) is 0 Å².